The van der Waals surface area contributed by atoms with E-state index in [0.29, 0.717) is 0 Å². The molecule has 2 unspecified atom stereocenters. The molecule has 48 valence electrons. The number of halogens is 3. The van der Waals surface area contributed by atoms with E-state index in [1.54, 1.807) is 0 Å². The summed E-state index contributed by atoms with van der Waals surface area (Å²) in [5, 5.41) is 0. The van der Waals surface area contributed by atoms with Gasteiger partial charge in [0, 0.05) is 0 Å². The van der Waals surface area contributed by atoms with Gasteiger partial charge in [-0.15, -0.1) is 0 Å². The molecule has 0 saturated carbocycles. The Kier molecular flexibility index (Phi) is 1.66. The molecule has 0 radical (unpaired) electrons. The van der Waals surface area contributed by atoms with Crippen LogP contribution < -0.4 is 0 Å². The van der Waals surface area contributed by atoms with E-state index in [1.165, 1.54) is 0 Å². The molecule has 1 fully saturated rings. The van der Waals surface area contributed by atoms with Gasteiger partial charge in [0.15, 0.2) is 0 Å². The average molecular weight is 175 g/mol. The van der Waals surface area contributed by atoms with Gasteiger partial charge in [-0.1, -0.05) is 34.8 Å². The van der Waals surface area contributed by atoms with Crippen LogP contribution in [0.5, 0.6) is 0 Å². The van der Waals surface area contributed by atoms with Crippen LogP contribution in [0.3, 0.4) is 0 Å². The van der Waals surface area contributed by atoms with Gasteiger partial charge in [-0.25, -0.2) is 0 Å². The van der Waals surface area contributed by atoms with Crippen molar-refractivity contribution in [2.45, 2.75) is 22.9 Å². The van der Waals surface area contributed by atoms with Gasteiger partial charge in [0.1, 0.15) is 6.10 Å². The zero-order chi connectivity index (χ0) is 6.36. The van der Waals surface area contributed by atoms with Crippen molar-refractivity contribution < 1.29 is 4.74 Å². The van der Waals surface area contributed by atoms with Crippen LogP contribution in [0, 0.1) is 0 Å². The highest BCUT2D eigenvalue weighted by Crippen LogP contribution is 2.42. The summed E-state index contributed by atoms with van der Waals surface area (Å²) in [7, 11) is 0. The third kappa shape index (κ3) is 1.41. The molecule has 1 heterocycles. The molecular formula is C4H5Cl3O. The van der Waals surface area contributed by atoms with Gasteiger partial charge in [-0.2, -0.15) is 0 Å². The van der Waals surface area contributed by atoms with Gasteiger partial charge in [0.2, 0.25) is 3.79 Å². The lowest BCUT2D eigenvalue weighted by Crippen LogP contribution is -2.12. The maximum absolute atomic E-state index is 5.43. The van der Waals surface area contributed by atoms with Crippen molar-refractivity contribution in [2.75, 3.05) is 0 Å². The molecule has 4 heteroatoms. The fourth-order valence-electron chi connectivity index (χ4n) is 0.529. The normalized spacial score (nSPS) is 37.5. The molecule has 0 aromatic rings. The van der Waals surface area contributed by atoms with Crippen molar-refractivity contribution in [1.82, 2.24) is 0 Å². The van der Waals surface area contributed by atoms with Crippen LogP contribution in [0.4, 0.5) is 0 Å². The van der Waals surface area contributed by atoms with E-state index >= 15 is 0 Å². The largest absolute Gasteiger partial charge is 0.365 e. The molecule has 1 aliphatic heterocycles. The Bertz CT molecular complexity index is 97.9. The summed E-state index contributed by atoms with van der Waals surface area (Å²) in [6, 6.07) is 0. The molecule has 1 nitrogen and oxygen atoms in total. The van der Waals surface area contributed by atoms with E-state index in [-0.39, 0.29) is 12.2 Å². The predicted molar refractivity (Wildman–Crippen MR) is 34.6 cm³/mol. The van der Waals surface area contributed by atoms with Crippen LogP contribution in [0.1, 0.15) is 6.92 Å². The summed E-state index contributed by atoms with van der Waals surface area (Å²) < 4.78 is 3.66. The van der Waals surface area contributed by atoms with Crippen molar-refractivity contribution in [3.05, 3.63) is 0 Å². The predicted octanol–water partition coefficient (Wildman–Crippen LogP) is 2.14. The smallest absolute Gasteiger partial charge is 0.218 e. The number of rotatable bonds is 0. The standard InChI is InChI=1S/C4H5Cl3O/c1-2-3(8-2)4(5,6)7/h2-3H,1H3. The monoisotopic (exact) mass is 174 g/mol. The van der Waals surface area contributed by atoms with Crippen molar-refractivity contribution >= 4 is 34.8 Å². The maximum Gasteiger partial charge on any atom is 0.218 e. The summed E-state index contributed by atoms with van der Waals surface area (Å²) in [6.45, 7) is 1.87. The summed E-state index contributed by atoms with van der Waals surface area (Å²) >= 11 is 16.3. The van der Waals surface area contributed by atoms with Crippen LogP contribution in [0.2, 0.25) is 0 Å². The molecule has 1 rings (SSSR count). The Balaban J connectivity index is 2.39. The number of hydrogen-bond donors (Lipinski definition) is 0. The van der Waals surface area contributed by atoms with Gasteiger partial charge in [0.25, 0.3) is 0 Å². The van der Waals surface area contributed by atoms with Crippen LogP contribution in [0.15, 0.2) is 0 Å². The molecule has 0 aliphatic carbocycles. The first-order chi connectivity index (χ1) is 3.52. The molecule has 1 aliphatic rings. The Morgan fingerprint density at radius 2 is 1.75 bits per heavy atom. The minimum atomic E-state index is -1.22. The SMILES string of the molecule is CC1OC1C(Cl)(Cl)Cl. The van der Waals surface area contributed by atoms with E-state index in [2.05, 4.69) is 0 Å². The van der Waals surface area contributed by atoms with Gasteiger partial charge in [0.05, 0.1) is 6.10 Å². The van der Waals surface area contributed by atoms with Gasteiger partial charge < -0.3 is 4.74 Å². The minimum Gasteiger partial charge on any atom is -0.365 e. The topological polar surface area (TPSA) is 12.5 Å². The molecule has 0 aromatic heterocycles. The lowest BCUT2D eigenvalue weighted by Gasteiger charge is -2.03. The van der Waals surface area contributed by atoms with E-state index in [9.17, 15) is 0 Å². The summed E-state index contributed by atoms with van der Waals surface area (Å²) in [6.07, 6.45) is -0.0741. The van der Waals surface area contributed by atoms with Crippen LogP contribution in [-0.2, 0) is 4.74 Å². The Morgan fingerprint density at radius 3 is 1.75 bits per heavy atom. The van der Waals surface area contributed by atoms with Crippen molar-refractivity contribution in [2.24, 2.45) is 0 Å². The zero-order valence-corrected chi connectivity index (χ0v) is 6.46. The van der Waals surface area contributed by atoms with Gasteiger partial charge >= 0.3 is 0 Å². The first kappa shape index (κ1) is 6.94. The second kappa shape index (κ2) is 1.91. The third-order valence-corrected chi connectivity index (χ3v) is 1.68. The van der Waals surface area contributed by atoms with E-state index < -0.39 is 3.79 Å². The Hall–Kier alpha value is 0.830. The number of epoxide rings is 1. The Morgan fingerprint density at radius 1 is 1.38 bits per heavy atom. The van der Waals surface area contributed by atoms with E-state index in [4.69, 9.17) is 39.5 Å². The summed E-state index contributed by atoms with van der Waals surface area (Å²) in [4.78, 5) is 0. The summed E-state index contributed by atoms with van der Waals surface area (Å²) in [5.41, 5.74) is 0. The third-order valence-electron chi connectivity index (χ3n) is 1.03. The Labute approximate surface area is 62.9 Å². The molecule has 1 saturated heterocycles. The second-order valence-electron chi connectivity index (χ2n) is 1.80. The quantitative estimate of drug-likeness (QED) is 0.406. The van der Waals surface area contributed by atoms with Gasteiger partial charge in [-0.05, 0) is 6.92 Å². The fourth-order valence-corrected chi connectivity index (χ4v) is 1.22. The highest BCUT2D eigenvalue weighted by atomic mass is 35.6. The molecule has 0 amide bonds. The fraction of sp³-hybridized carbons (Fsp3) is 1.00. The van der Waals surface area contributed by atoms with Crippen molar-refractivity contribution in [3.63, 3.8) is 0 Å². The summed E-state index contributed by atoms with van der Waals surface area (Å²) in [5.74, 6) is 0. The van der Waals surface area contributed by atoms with Crippen molar-refractivity contribution in [1.29, 1.82) is 0 Å². The van der Waals surface area contributed by atoms with Crippen LogP contribution in [0.25, 0.3) is 0 Å². The average Bonchev–Trinajstić information content (AvgIpc) is 2.13. The lowest BCUT2D eigenvalue weighted by atomic mass is 10.4. The van der Waals surface area contributed by atoms with E-state index in [1.807, 2.05) is 6.92 Å². The highest BCUT2D eigenvalue weighted by molar-refractivity contribution is 6.68. The maximum atomic E-state index is 5.43. The van der Waals surface area contributed by atoms with Gasteiger partial charge in [-0.3, -0.25) is 0 Å². The minimum absolute atomic E-state index is 0.113. The molecule has 0 aromatic carbocycles. The van der Waals surface area contributed by atoms with E-state index in [0.717, 1.165) is 0 Å². The van der Waals surface area contributed by atoms with Crippen molar-refractivity contribution in [3.8, 4) is 0 Å². The first-order valence-electron chi connectivity index (χ1n) is 2.24. The highest BCUT2D eigenvalue weighted by Gasteiger charge is 2.49. The lowest BCUT2D eigenvalue weighted by molar-refractivity contribution is 0.380. The second-order valence-corrected chi connectivity index (χ2v) is 4.17. The molecule has 0 spiro atoms. The van der Waals surface area contributed by atoms with Crippen LogP contribution >= 0.6 is 34.8 Å². The first-order valence-corrected chi connectivity index (χ1v) is 3.37. The number of ether oxygens (including phenoxy) is 1. The molecule has 0 N–H and O–H groups in total. The zero-order valence-electron chi connectivity index (χ0n) is 4.20. The number of alkyl halides is 3. The molecule has 8 heavy (non-hydrogen) atoms. The molecule has 0 bridgehead atoms. The number of hydrogen-bond acceptors (Lipinski definition) is 1. The molecule has 2 atom stereocenters. The molecular weight excluding hydrogens is 170 g/mol. The van der Waals surface area contributed by atoms with Crippen LogP contribution in [-0.4, -0.2) is 16.0 Å².